The van der Waals surface area contributed by atoms with Gasteiger partial charge in [0.25, 0.3) is 0 Å². The molecule has 3 aromatic carbocycles. The van der Waals surface area contributed by atoms with Crippen LogP contribution in [0.15, 0.2) is 83.9 Å². The fraction of sp³-hybridized carbons (Fsp3) is 0.0870. The number of hydrogen-bond donors (Lipinski definition) is 0. The Balaban J connectivity index is 1.90. The molecular weight excluding hydrogens is 354 g/mol. The molecule has 0 saturated carbocycles. The van der Waals surface area contributed by atoms with Gasteiger partial charge in [-0.05, 0) is 36.6 Å². The fourth-order valence-electron chi connectivity index (χ4n) is 2.92. The van der Waals surface area contributed by atoms with Gasteiger partial charge in [0.05, 0.1) is 15.4 Å². The monoisotopic (exact) mass is 373 g/mol. The Labute approximate surface area is 162 Å². The molecule has 0 fully saturated rings. The summed E-state index contributed by atoms with van der Waals surface area (Å²) < 4.78 is 1.08. The van der Waals surface area contributed by atoms with Crippen LogP contribution in [0.5, 0.6) is 0 Å². The molecule has 4 rings (SSSR count). The number of aryl methyl sites for hydroxylation is 2. The van der Waals surface area contributed by atoms with Gasteiger partial charge in [-0.15, -0.1) is 22.7 Å². The maximum absolute atomic E-state index is 4.95. The highest BCUT2D eigenvalue weighted by Gasteiger charge is 2.12. The van der Waals surface area contributed by atoms with E-state index in [9.17, 15) is 0 Å². The second kappa shape index (κ2) is 7.40. The van der Waals surface area contributed by atoms with Crippen LogP contribution in [-0.4, -0.2) is 0 Å². The summed E-state index contributed by atoms with van der Waals surface area (Å²) in [5, 5.41) is 0. The summed E-state index contributed by atoms with van der Waals surface area (Å²) in [5.74, 6) is 0. The highest BCUT2D eigenvalue weighted by molar-refractivity contribution is 7.32. The molecule has 4 aromatic rings. The summed E-state index contributed by atoms with van der Waals surface area (Å²) in [4.78, 5) is 7.52. The fourth-order valence-corrected chi connectivity index (χ4v) is 5.40. The van der Waals surface area contributed by atoms with Crippen LogP contribution in [0.4, 0.5) is 5.69 Å². The molecule has 128 valence electrons. The van der Waals surface area contributed by atoms with Crippen LogP contribution in [-0.2, 0) is 0 Å². The summed E-state index contributed by atoms with van der Waals surface area (Å²) in [6.45, 7) is 4.24. The van der Waals surface area contributed by atoms with Crippen LogP contribution < -0.4 is 3.98 Å². The molecule has 0 N–H and O–H groups in total. The molecule has 1 aromatic heterocycles. The summed E-state index contributed by atoms with van der Waals surface area (Å²) in [5.41, 5.74) is 6.02. The van der Waals surface area contributed by atoms with Gasteiger partial charge in [-0.2, -0.15) is 0 Å². The SMILES string of the molecule is Cc1ccc(N=c2sc(-c3ccccc3)c(-c3ccccc3)s2)c(C)c1. The van der Waals surface area contributed by atoms with Gasteiger partial charge in [0.2, 0.25) is 0 Å². The van der Waals surface area contributed by atoms with E-state index < -0.39 is 0 Å². The van der Waals surface area contributed by atoms with Gasteiger partial charge >= 0.3 is 0 Å². The zero-order chi connectivity index (χ0) is 17.9. The first kappa shape index (κ1) is 17.0. The van der Waals surface area contributed by atoms with Gasteiger partial charge in [-0.25, -0.2) is 4.99 Å². The lowest BCUT2D eigenvalue weighted by molar-refractivity contribution is 1.32. The lowest BCUT2D eigenvalue weighted by Gasteiger charge is -2.02. The van der Waals surface area contributed by atoms with Crippen LogP contribution in [0.25, 0.3) is 20.9 Å². The van der Waals surface area contributed by atoms with Gasteiger partial charge in [-0.1, -0.05) is 78.4 Å². The predicted molar refractivity (Wildman–Crippen MR) is 114 cm³/mol. The summed E-state index contributed by atoms with van der Waals surface area (Å²) in [6, 6.07) is 27.6. The number of benzene rings is 3. The lowest BCUT2D eigenvalue weighted by atomic mass is 10.1. The van der Waals surface area contributed by atoms with Crippen LogP contribution >= 0.6 is 22.7 Å². The van der Waals surface area contributed by atoms with Crippen molar-refractivity contribution in [3.63, 3.8) is 0 Å². The molecule has 0 bridgehead atoms. The highest BCUT2D eigenvalue weighted by atomic mass is 32.2. The molecule has 0 radical (unpaired) electrons. The van der Waals surface area contributed by atoms with E-state index >= 15 is 0 Å². The van der Waals surface area contributed by atoms with Crippen LogP contribution in [0.1, 0.15) is 11.1 Å². The van der Waals surface area contributed by atoms with Crippen molar-refractivity contribution in [2.24, 2.45) is 4.99 Å². The second-order valence-corrected chi connectivity index (χ2v) is 8.52. The minimum absolute atomic E-state index is 1.05. The summed E-state index contributed by atoms with van der Waals surface area (Å²) in [7, 11) is 0. The third-order valence-corrected chi connectivity index (χ3v) is 6.67. The van der Waals surface area contributed by atoms with Crippen molar-refractivity contribution < 1.29 is 0 Å². The molecule has 1 nitrogen and oxygen atoms in total. The van der Waals surface area contributed by atoms with Crippen molar-refractivity contribution in [2.45, 2.75) is 13.8 Å². The first-order valence-electron chi connectivity index (χ1n) is 8.57. The Morgan fingerprint density at radius 3 is 1.69 bits per heavy atom. The van der Waals surface area contributed by atoms with Crippen molar-refractivity contribution in [1.29, 1.82) is 0 Å². The topological polar surface area (TPSA) is 12.4 Å². The van der Waals surface area contributed by atoms with Crippen LogP contribution in [0.2, 0.25) is 0 Å². The molecule has 0 aliphatic heterocycles. The van der Waals surface area contributed by atoms with Crippen LogP contribution in [0.3, 0.4) is 0 Å². The van der Waals surface area contributed by atoms with Crippen molar-refractivity contribution in [2.75, 3.05) is 0 Å². The maximum Gasteiger partial charge on any atom is 0.172 e. The Hall–Kier alpha value is -2.49. The minimum Gasteiger partial charge on any atom is -0.227 e. The van der Waals surface area contributed by atoms with Gasteiger partial charge in [0, 0.05) is 0 Å². The average molecular weight is 374 g/mol. The standard InChI is InChI=1S/C23H19NS2/c1-16-13-14-20(17(2)15-16)24-23-25-21(18-9-5-3-6-10-18)22(26-23)19-11-7-4-8-12-19/h3-15H,1-2H3. The largest absolute Gasteiger partial charge is 0.227 e. The molecular formula is C23H19NS2. The number of rotatable bonds is 3. The summed E-state index contributed by atoms with van der Waals surface area (Å²) in [6.07, 6.45) is 0. The van der Waals surface area contributed by atoms with E-state index in [-0.39, 0.29) is 0 Å². The van der Waals surface area contributed by atoms with E-state index in [2.05, 4.69) is 92.7 Å². The normalized spacial score (nSPS) is 10.7. The van der Waals surface area contributed by atoms with Crippen molar-refractivity contribution in [3.8, 4) is 20.9 Å². The minimum atomic E-state index is 1.05. The van der Waals surface area contributed by atoms with Crippen molar-refractivity contribution in [3.05, 3.63) is 94.0 Å². The number of hydrogen-bond acceptors (Lipinski definition) is 3. The molecule has 0 amide bonds. The molecule has 0 spiro atoms. The molecule has 0 aliphatic carbocycles. The molecule has 0 saturated heterocycles. The molecule has 0 unspecified atom stereocenters. The first-order valence-corrected chi connectivity index (χ1v) is 10.2. The zero-order valence-electron chi connectivity index (χ0n) is 14.8. The van der Waals surface area contributed by atoms with Gasteiger partial charge in [0.15, 0.2) is 3.98 Å². The van der Waals surface area contributed by atoms with Gasteiger partial charge in [0.1, 0.15) is 0 Å². The lowest BCUT2D eigenvalue weighted by Crippen LogP contribution is -1.86. The van der Waals surface area contributed by atoms with Crippen molar-refractivity contribution in [1.82, 2.24) is 0 Å². The summed E-state index contributed by atoms with van der Waals surface area (Å²) >= 11 is 3.53. The quantitative estimate of drug-likeness (QED) is 0.367. The third kappa shape index (κ3) is 3.55. The third-order valence-electron chi connectivity index (χ3n) is 4.22. The zero-order valence-corrected chi connectivity index (χ0v) is 16.4. The second-order valence-electron chi connectivity index (χ2n) is 6.26. The Morgan fingerprint density at radius 1 is 0.654 bits per heavy atom. The predicted octanol–water partition coefficient (Wildman–Crippen LogP) is 6.99. The highest BCUT2D eigenvalue weighted by Crippen LogP contribution is 2.37. The average Bonchev–Trinajstić information content (AvgIpc) is 3.09. The van der Waals surface area contributed by atoms with E-state index in [1.54, 1.807) is 22.7 Å². The molecule has 1 heterocycles. The Kier molecular flexibility index (Phi) is 4.83. The maximum atomic E-state index is 4.95. The van der Waals surface area contributed by atoms with Crippen molar-refractivity contribution >= 4 is 28.4 Å². The van der Waals surface area contributed by atoms with Gasteiger partial charge in [-0.3, -0.25) is 0 Å². The van der Waals surface area contributed by atoms with E-state index in [0.29, 0.717) is 0 Å². The van der Waals surface area contributed by atoms with E-state index in [1.807, 2.05) is 0 Å². The molecule has 0 atom stereocenters. The van der Waals surface area contributed by atoms with E-state index in [1.165, 1.54) is 32.0 Å². The molecule has 26 heavy (non-hydrogen) atoms. The molecule has 3 heteroatoms. The Morgan fingerprint density at radius 2 is 1.19 bits per heavy atom. The Bertz CT molecular complexity index is 1030. The van der Waals surface area contributed by atoms with E-state index in [4.69, 9.17) is 4.99 Å². The van der Waals surface area contributed by atoms with Gasteiger partial charge < -0.3 is 0 Å². The molecule has 0 aliphatic rings. The smallest absolute Gasteiger partial charge is 0.172 e. The number of nitrogens with zero attached hydrogens (tertiary/aromatic N) is 1. The van der Waals surface area contributed by atoms with E-state index in [0.717, 1.165) is 9.67 Å². The first-order chi connectivity index (χ1) is 12.7. The van der Waals surface area contributed by atoms with Crippen LogP contribution in [0, 0.1) is 13.8 Å².